The van der Waals surface area contributed by atoms with Crippen LogP contribution in [0.2, 0.25) is 0 Å². The molecular formula is C18H27NO6S. The van der Waals surface area contributed by atoms with Gasteiger partial charge >= 0.3 is 12.1 Å². The summed E-state index contributed by atoms with van der Waals surface area (Å²) in [5.41, 5.74) is 0. The molecule has 0 bridgehead atoms. The van der Waals surface area contributed by atoms with Crippen LogP contribution in [0.1, 0.15) is 45.4 Å². The zero-order chi connectivity index (χ0) is 19.1. The molecule has 8 heteroatoms. The van der Waals surface area contributed by atoms with Gasteiger partial charge in [0.1, 0.15) is 6.61 Å². The molecular weight excluding hydrogens is 358 g/mol. The van der Waals surface area contributed by atoms with Gasteiger partial charge in [0, 0.05) is 12.3 Å². The van der Waals surface area contributed by atoms with Gasteiger partial charge in [0.2, 0.25) is 5.91 Å². The first-order chi connectivity index (χ1) is 12.5. The lowest BCUT2D eigenvalue weighted by atomic mass is 9.82. The van der Waals surface area contributed by atoms with Crippen LogP contribution < -0.4 is 0 Å². The van der Waals surface area contributed by atoms with E-state index in [2.05, 4.69) is 0 Å². The van der Waals surface area contributed by atoms with Crippen molar-refractivity contribution < 1.29 is 28.7 Å². The molecule has 1 aliphatic carbocycles. The number of thioether (sulfide) groups is 1. The molecule has 0 unspecified atom stereocenters. The Morgan fingerprint density at radius 3 is 2.50 bits per heavy atom. The summed E-state index contributed by atoms with van der Waals surface area (Å²) in [5.74, 6) is -2.08. The van der Waals surface area contributed by atoms with Crippen molar-refractivity contribution in [2.75, 3.05) is 26.0 Å². The number of imide groups is 1. The number of rotatable bonds is 8. The fraction of sp³-hybridized carbons (Fsp3) is 0.778. The molecule has 1 saturated carbocycles. The summed E-state index contributed by atoms with van der Waals surface area (Å²) in [6.45, 7) is 2.21. The van der Waals surface area contributed by atoms with Gasteiger partial charge in [-0.3, -0.25) is 14.4 Å². The fourth-order valence-electron chi connectivity index (χ4n) is 3.74. The molecule has 146 valence electrons. The van der Waals surface area contributed by atoms with Crippen LogP contribution in [-0.2, 0) is 23.9 Å². The maximum atomic E-state index is 12.6. The highest BCUT2D eigenvalue weighted by molar-refractivity contribution is 8.13. The van der Waals surface area contributed by atoms with Crippen LogP contribution in [0, 0.1) is 17.8 Å². The van der Waals surface area contributed by atoms with Gasteiger partial charge in [-0.15, -0.1) is 0 Å². The van der Waals surface area contributed by atoms with Gasteiger partial charge in [0.25, 0.3) is 0 Å². The van der Waals surface area contributed by atoms with Crippen molar-refractivity contribution in [1.82, 2.24) is 4.90 Å². The SMILES string of the molecule is CCOC(=O)[C@@H](CC(=O)N1CCOC1=O)[C@H](CC1CCCC1)C(=O)SC. The summed E-state index contributed by atoms with van der Waals surface area (Å²) in [6, 6.07) is 0. The topological polar surface area (TPSA) is 90.0 Å². The van der Waals surface area contributed by atoms with Crippen molar-refractivity contribution in [2.45, 2.75) is 45.4 Å². The van der Waals surface area contributed by atoms with E-state index in [-0.39, 0.29) is 31.3 Å². The van der Waals surface area contributed by atoms with Gasteiger partial charge in [-0.1, -0.05) is 37.4 Å². The number of cyclic esters (lactones) is 1. The Balaban J connectivity index is 2.17. The summed E-state index contributed by atoms with van der Waals surface area (Å²) >= 11 is 1.08. The maximum absolute atomic E-state index is 12.6. The highest BCUT2D eigenvalue weighted by Gasteiger charge is 2.40. The third-order valence-corrected chi connectivity index (χ3v) is 5.80. The number of nitrogens with zero attached hydrogens (tertiary/aromatic N) is 1. The smallest absolute Gasteiger partial charge is 0.416 e. The Hall–Kier alpha value is -1.57. The lowest BCUT2D eigenvalue weighted by molar-refractivity contribution is -0.154. The van der Waals surface area contributed by atoms with Crippen molar-refractivity contribution in [3.05, 3.63) is 0 Å². The molecule has 0 radical (unpaired) electrons. The van der Waals surface area contributed by atoms with Crippen molar-refractivity contribution in [3.8, 4) is 0 Å². The van der Waals surface area contributed by atoms with Gasteiger partial charge in [0.05, 0.1) is 19.1 Å². The van der Waals surface area contributed by atoms with Gasteiger partial charge in [-0.05, 0) is 25.5 Å². The zero-order valence-corrected chi connectivity index (χ0v) is 16.2. The second-order valence-electron chi connectivity index (χ2n) is 6.74. The number of carbonyl (C=O) groups excluding carboxylic acids is 4. The minimum Gasteiger partial charge on any atom is -0.466 e. The van der Waals surface area contributed by atoms with Gasteiger partial charge in [-0.2, -0.15) is 0 Å². The van der Waals surface area contributed by atoms with Crippen LogP contribution in [0.25, 0.3) is 0 Å². The van der Waals surface area contributed by atoms with Crippen LogP contribution in [0.4, 0.5) is 4.79 Å². The highest BCUT2D eigenvalue weighted by Crippen LogP contribution is 2.36. The number of hydrogen-bond acceptors (Lipinski definition) is 7. The van der Waals surface area contributed by atoms with E-state index in [1.165, 1.54) is 0 Å². The third-order valence-electron chi connectivity index (χ3n) is 5.10. The molecule has 1 aliphatic heterocycles. The lowest BCUT2D eigenvalue weighted by Gasteiger charge is -2.26. The minimum atomic E-state index is -0.864. The van der Waals surface area contributed by atoms with E-state index in [0.717, 1.165) is 42.3 Å². The fourth-order valence-corrected chi connectivity index (χ4v) is 4.30. The third kappa shape index (κ3) is 5.22. The Labute approximate surface area is 158 Å². The summed E-state index contributed by atoms with van der Waals surface area (Å²) in [6.07, 6.45) is 5.71. The number of amides is 2. The molecule has 2 aliphatic rings. The monoisotopic (exact) mass is 385 g/mol. The minimum absolute atomic E-state index is 0.105. The van der Waals surface area contributed by atoms with E-state index in [4.69, 9.17) is 9.47 Å². The van der Waals surface area contributed by atoms with Gasteiger partial charge in [-0.25, -0.2) is 9.69 Å². The summed E-state index contributed by atoms with van der Waals surface area (Å²) in [7, 11) is 0. The molecule has 2 fully saturated rings. The molecule has 0 N–H and O–H groups in total. The molecule has 0 aromatic rings. The molecule has 26 heavy (non-hydrogen) atoms. The molecule has 0 aromatic heterocycles. The first kappa shape index (κ1) is 20.7. The molecule has 1 heterocycles. The van der Waals surface area contributed by atoms with E-state index in [0.29, 0.717) is 12.3 Å². The van der Waals surface area contributed by atoms with E-state index in [9.17, 15) is 19.2 Å². The molecule has 0 spiro atoms. The van der Waals surface area contributed by atoms with Gasteiger partial charge in [0.15, 0.2) is 5.12 Å². The molecule has 2 rings (SSSR count). The van der Waals surface area contributed by atoms with E-state index >= 15 is 0 Å². The van der Waals surface area contributed by atoms with E-state index in [1.54, 1.807) is 13.2 Å². The number of hydrogen-bond donors (Lipinski definition) is 0. The maximum Gasteiger partial charge on any atom is 0.416 e. The van der Waals surface area contributed by atoms with Crippen molar-refractivity contribution in [2.24, 2.45) is 17.8 Å². The van der Waals surface area contributed by atoms with Crippen molar-refractivity contribution in [1.29, 1.82) is 0 Å². The van der Waals surface area contributed by atoms with Gasteiger partial charge < -0.3 is 9.47 Å². The molecule has 1 saturated heterocycles. The molecule has 7 nitrogen and oxygen atoms in total. The summed E-state index contributed by atoms with van der Waals surface area (Å²) in [5, 5.41) is -0.105. The Morgan fingerprint density at radius 2 is 1.96 bits per heavy atom. The first-order valence-corrected chi connectivity index (χ1v) is 10.4. The largest absolute Gasteiger partial charge is 0.466 e. The van der Waals surface area contributed by atoms with Crippen molar-refractivity contribution in [3.63, 3.8) is 0 Å². The van der Waals surface area contributed by atoms with Crippen LogP contribution in [0.5, 0.6) is 0 Å². The Bertz CT molecular complexity index is 546. The zero-order valence-electron chi connectivity index (χ0n) is 15.4. The quantitative estimate of drug-likeness (QED) is 0.593. The van der Waals surface area contributed by atoms with Crippen LogP contribution in [-0.4, -0.2) is 54.0 Å². The first-order valence-electron chi connectivity index (χ1n) is 9.19. The van der Waals surface area contributed by atoms with Crippen molar-refractivity contribution >= 4 is 34.8 Å². The van der Waals surface area contributed by atoms with Crippen LogP contribution in [0.15, 0.2) is 0 Å². The average Bonchev–Trinajstić information content (AvgIpc) is 3.28. The molecule has 2 amide bonds. The predicted molar refractivity (Wildman–Crippen MR) is 96.4 cm³/mol. The Kier molecular flexibility index (Phi) is 7.93. The second kappa shape index (κ2) is 9.94. The predicted octanol–water partition coefficient (Wildman–Crippen LogP) is 2.62. The Morgan fingerprint density at radius 1 is 1.27 bits per heavy atom. The number of carbonyl (C=O) groups is 4. The summed E-state index contributed by atoms with van der Waals surface area (Å²) in [4.78, 5) is 50.3. The molecule has 2 atom stereocenters. The van der Waals surface area contributed by atoms with Crippen LogP contribution in [0.3, 0.4) is 0 Å². The van der Waals surface area contributed by atoms with E-state index in [1.807, 2.05) is 0 Å². The standard InChI is InChI=1S/C18H27NO6S/c1-3-24-16(21)13(11-15(20)19-8-9-25-18(19)23)14(17(22)26-2)10-12-6-4-5-7-12/h12-14H,3-11H2,1-2H3/t13-,14-/m0/s1. The van der Waals surface area contributed by atoms with Crippen LogP contribution >= 0.6 is 11.8 Å². The van der Waals surface area contributed by atoms with E-state index < -0.39 is 29.8 Å². The number of esters is 1. The summed E-state index contributed by atoms with van der Waals surface area (Å²) < 4.78 is 9.94. The average molecular weight is 385 g/mol. The second-order valence-corrected chi connectivity index (χ2v) is 7.55. The lowest BCUT2D eigenvalue weighted by Crippen LogP contribution is -2.39. The molecule has 0 aromatic carbocycles. The highest BCUT2D eigenvalue weighted by atomic mass is 32.2. The normalized spacial score (nSPS) is 19.9. The number of ether oxygens (including phenoxy) is 2.